The summed E-state index contributed by atoms with van der Waals surface area (Å²) in [6.45, 7) is 31.8. The van der Waals surface area contributed by atoms with E-state index in [0.717, 1.165) is 40.8 Å². The van der Waals surface area contributed by atoms with E-state index < -0.39 is 16.6 Å². The van der Waals surface area contributed by atoms with Crippen LogP contribution in [0.3, 0.4) is 0 Å². The van der Waals surface area contributed by atoms with Crippen molar-refractivity contribution < 1.29 is 14.0 Å². The van der Waals surface area contributed by atoms with Gasteiger partial charge in [-0.2, -0.15) is 0 Å². The smallest absolute Gasteiger partial charge is 0.178 e. The van der Waals surface area contributed by atoms with Gasteiger partial charge in [-0.1, -0.05) is 85.1 Å². The van der Waals surface area contributed by atoms with Crippen LogP contribution < -0.4 is 4.74 Å². The third-order valence-corrected chi connectivity index (χ3v) is 20.1. The van der Waals surface area contributed by atoms with E-state index in [0.29, 0.717) is 15.8 Å². The molecular formula is C33H56O3Si2. The summed E-state index contributed by atoms with van der Waals surface area (Å²) in [5.41, 5.74) is 5.02. The lowest BCUT2D eigenvalue weighted by Crippen LogP contribution is -2.53. The Morgan fingerprint density at radius 3 is 1.92 bits per heavy atom. The van der Waals surface area contributed by atoms with Gasteiger partial charge in [0.15, 0.2) is 16.6 Å². The van der Waals surface area contributed by atoms with Crippen LogP contribution >= 0.6 is 0 Å². The Bertz CT molecular complexity index is 1080. The van der Waals surface area contributed by atoms with Crippen molar-refractivity contribution in [2.24, 2.45) is 0 Å². The lowest BCUT2D eigenvalue weighted by Gasteiger charge is -2.47. The van der Waals surface area contributed by atoms with Crippen LogP contribution in [0.1, 0.15) is 98.3 Å². The Morgan fingerprint density at radius 2 is 1.42 bits per heavy atom. The van der Waals surface area contributed by atoms with Gasteiger partial charge < -0.3 is 14.0 Å². The SMILES string of the molecule is CC(C)(C)[Si](C)(C)O[Si](C)(C)C(C)(C)C.CCCCCc1cc(O)c2c(c1)OC(C)(C)c1ccc(C)cc1-2. The van der Waals surface area contributed by atoms with E-state index in [1.165, 1.54) is 18.4 Å². The second kappa shape index (κ2) is 11.5. The number of phenolic OH excluding ortho intramolecular Hbond substituents is 1. The molecule has 0 aromatic heterocycles. The zero-order valence-electron chi connectivity index (χ0n) is 27.0. The minimum absolute atomic E-state index is 0.322. The highest BCUT2D eigenvalue weighted by atomic mass is 28.4. The summed E-state index contributed by atoms with van der Waals surface area (Å²) in [5.74, 6) is 1.14. The van der Waals surface area contributed by atoms with Crippen molar-refractivity contribution in [3.05, 3.63) is 47.0 Å². The molecule has 2 aromatic carbocycles. The van der Waals surface area contributed by atoms with Crippen molar-refractivity contribution >= 4 is 16.6 Å². The van der Waals surface area contributed by atoms with E-state index in [-0.39, 0.29) is 5.60 Å². The molecule has 0 fully saturated rings. The number of rotatable bonds is 6. The fourth-order valence-electron chi connectivity index (χ4n) is 4.39. The lowest BCUT2D eigenvalue weighted by molar-refractivity contribution is 0.105. The van der Waals surface area contributed by atoms with Gasteiger partial charge in [-0.05, 0) is 93.1 Å². The molecule has 2 aromatic rings. The number of hydrogen-bond acceptors (Lipinski definition) is 3. The maximum absolute atomic E-state index is 10.6. The summed E-state index contributed by atoms with van der Waals surface area (Å²) in [6, 6.07) is 10.4. The average molecular weight is 557 g/mol. The molecular weight excluding hydrogens is 501 g/mol. The van der Waals surface area contributed by atoms with Gasteiger partial charge in [0.2, 0.25) is 0 Å². The van der Waals surface area contributed by atoms with Gasteiger partial charge in [-0.3, -0.25) is 0 Å². The summed E-state index contributed by atoms with van der Waals surface area (Å²) >= 11 is 0. The summed E-state index contributed by atoms with van der Waals surface area (Å²) < 4.78 is 12.9. The highest BCUT2D eigenvalue weighted by molar-refractivity contribution is 6.87. The number of phenols is 1. The van der Waals surface area contributed by atoms with Crippen molar-refractivity contribution in [3.63, 3.8) is 0 Å². The summed E-state index contributed by atoms with van der Waals surface area (Å²) in [4.78, 5) is 0. The van der Waals surface area contributed by atoms with Crippen LogP contribution in [0, 0.1) is 6.92 Å². The number of hydrogen-bond donors (Lipinski definition) is 1. The molecule has 0 atom stereocenters. The molecule has 1 aliphatic heterocycles. The van der Waals surface area contributed by atoms with E-state index in [9.17, 15) is 5.11 Å². The number of ether oxygens (including phenoxy) is 1. The van der Waals surface area contributed by atoms with Crippen molar-refractivity contribution in [1.82, 2.24) is 0 Å². The molecule has 1 N–H and O–H groups in total. The van der Waals surface area contributed by atoms with Gasteiger partial charge in [-0.25, -0.2) is 0 Å². The number of benzene rings is 2. The molecule has 0 amide bonds. The van der Waals surface area contributed by atoms with Crippen molar-refractivity contribution in [2.75, 3.05) is 0 Å². The number of aryl methyl sites for hydroxylation is 2. The molecule has 0 bridgehead atoms. The molecule has 214 valence electrons. The fourth-order valence-corrected chi connectivity index (χ4v) is 11.9. The first-order valence-electron chi connectivity index (χ1n) is 14.5. The monoisotopic (exact) mass is 556 g/mol. The van der Waals surface area contributed by atoms with E-state index in [2.05, 4.69) is 120 Å². The van der Waals surface area contributed by atoms with Crippen LogP contribution in [0.15, 0.2) is 30.3 Å². The summed E-state index contributed by atoms with van der Waals surface area (Å²) in [7, 11) is -3.18. The Morgan fingerprint density at radius 1 is 0.868 bits per heavy atom. The highest BCUT2D eigenvalue weighted by Gasteiger charge is 2.46. The van der Waals surface area contributed by atoms with E-state index in [4.69, 9.17) is 8.85 Å². The first kappa shape index (κ1) is 32.6. The number of aromatic hydroxyl groups is 1. The second-order valence-electron chi connectivity index (χ2n) is 14.7. The maximum atomic E-state index is 10.6. The van der Waals surface area contributed by atoms with E-state index in [1.807, 2.05) is 6.07 Å². The molecule has 0 unspecified atom stereocenters. The second-order valence-corrected chi connectivity index (χ2v) is 24.6. The van der Waals surface area contributed by atoms with Crippen LogP contribution in [-0.4, -0.2) is 21.7 Å². The van der Waals surface area contributed by atoms with Gasteiger partial charge in [-0.15, -0.1) is 0 Å². The Labute approximate surface area is 236 Å². The first-order valence-corrected chi connectivity index (χ1v) is 20.3. The van der Waals surface area contributed by atoms with Gasteiger partial charge in [0.25, 0.3) is 0 Å². The van der Waals surface area contributed by atoms with Gasteiger partial charge in [0.05, 0.1) is 5.56 Å². The molecule has 38 heavy (non-hydrogen) atoms. The zero-order chi connectivity index (χ0) is 29.3. The quantitative estimate of drug-likeness (QED) is 0.284. The predicted octanol–water partition coefficient (Wildman–Crippen LogP) is 10.7. The zero-order valence-corrected chi connectivity index (χ0v) is 29.0. The molecule has 1 aliphatic rings. The number of unbranched alkanes of at least 4 members (excludes halogenated alkanes) is 2. The Kier molecular flexibility index (Phi) is 9.88. The van der Waals surface area contributed by atoms with Crippen LogP contribution in [0.25, 0.3) is 11.1 Å². The Balaban J connectivity index is 0.000000296. The van der Waals surface area contributed by atoms with E-state index in [1.54, 1.807) is 0 Å². The van der Waals surface area contributed by atoms with Crippen LogP contribution in [0.2, 0.25) is 36.3 Å². The minimum atomic E-state index is -1.59. The van der Waals surface area contributed by atoms with Crippen LogP contribution in [0.4, 0.5) is 0 Å². The van der Waals surface area contributed by atoms with Crippen molar-refractivity contribution in [1.29, 1.82) is 0 Å². The van der Waals surface area contributed by atoms with Crippen LogP contribution in [-0.2, 0) is 16.1 Å². The first-order chi connectivity index (χ1) is 17.1. The average Bonchev–Trinajstić information content (AvgIpc) is 2.71. The molecule has 5 heteroatoms. The maximum Gasteiger partial charge on any atom is 0.178 e. The topological polar surface area (TPSA) is 38.7 Å². The molecule has 0 aliphatic carbocycles. The third kappa shape index (κ3) is 7.54. The summed E-state index contributed by atoms with van der Waals surface area (Å²) in [6.07, 6.45) is 4.55. The molecule has 0 saturated carbocycles. The van der Waals surface area contributed by atoms with Crippen molar-refractivity contribution in [3.8, 4) is 22.6 Å². The normalized spacial score (nSPS) is 15.1. The lowest BCUT2D eigenvalue weighted by atomic mass is 9.84. The largest absolute Gasteiger partial charge is 0.507 e. The standard InChI is InChI=1S/C21H26O2.C12H30OSi2/c1-5-6-7-8-15-12-18(22)20-16-11-14(2)9-10-17(16)21(3,4)23-19(20)13-15;1-11(2,3)14(7,8)13-15(9,10)12(4,5)6/h9-13,22H,5-8H2,1-4H3;1-10H3. The molecule has 1 heterocycles. The van der Waals surface area contributed by atoms with E-state index >= 15 is 0 Å². The highest BCUT2D eigenvalue weighted by Crippen LogP contribution is 2.50. The molecule has 0 radical (unpaired) electrons. The summed E-state index contributed by atoms with van der Waals surface area (Å²) in [5, 5.41) is 11.3. The van der Waals surface area contributed by atoms with Gasteiger partial charge >= 0.3 is 0 Å². The van der Waals surface area contributed by atoms with Crippen molar-refractivity contribution in [2.45, 2.75) is 137 Å². The third-order valence-electron chi connectivity index (χ3n) is 8.79. The predicted molar refractivity (Wildman–Crippen MR) is 171 cm³/mol. The molecule has 0 saturated heterocycles. The Hall–Kier alpha value is -1.57. The van der Waals surface area contributed by atoms with Gasteiger partial charge in [0, 0.05) is 5.56 Å². The van der Waals surface area contributed by atoms with Gasteiger partial charge in [0.1, 0.15) is 17.1 Å². The fraction of sp³-hybridized carbons (Fsp3) is 0.636. The van der Waals surface area contributed by atoms with Crippen LogP contribution in [0.5, 0.6) is 11.5 Å². The number of fused-ring (bicyclic) bond motifs is 3. The minimum Gasteiger partial charge on any atom is -0.507 e. The molecule has 3 nitrogen and oxygen atoms in total. The molecule has 0 spiro atoms. The molecule has 3 rings (SSSR count).